The van der Waals surface area contributed by atoms with Crippen LogP contribution in [-0.2, 0) is 20.1 Å². The minimum Gasteiger partial charge on any atom is -0.274 e. The fourth-order valence-corrected chi connectivity index (χ4v) is 4.20. The van der Waals surface area contributed by atoms with Crippen LogP contribution in [0.15, 0.2) is 29.2 Å². The first-order valence-electron chi connectivity index (χ1n) is 6.86. The minimum atomic E-state index is -3.74. The van der Waals surface area contributed by atoms with Crippen molar-refractivity contribution in [2.24, 2.45) is 11.3 Å². The van der Waals surface area contributed by atoms with Gasteiger partial charge in [-0.05, 0) is 29.0 Å². The first kappa shape index (κ1) is 16.5. The van der Waals surface area contributed by atoms with E-state index in [1.807, 2.05) is 20.8 Å². The SMILES string of the molecule is CC(C)(C)C1CC(=O)N(S(=O)(=O)c2ccc(CBr)cc2)C1. The molecule has 1 aliphatic heterocycles. The van der Waals surface area contributed by atoms with Crippen molar-refractivity contribution in [3.05, 3.63) is 29.8 Å². The lowest BCUT2D eigenvalue weighted by atomic mass is 9.80. The minimum absolute atomic E-state index is 0.0570. The molecule has 21 heavy (non-hydrogen) atoms. The van der Waals surface area contributed by atoms with Crippen LogP contribution < -0.4 is 0 Å². The average Bonchev–Trinajstić information content (AvgIpc) is 2.81. The van der Waals surface area contributed by atoms with Gasteiger partial charge in [0, 0.05) is 18.3 Å². The molecule has 0 saturated carbocycles. The molecule has 1 aromatic rings. The van der Waals surface area contributed by atoms with Crippen LogP contribution >= 0.6 is 15.9 Å². The van der Waals surface area contributed by atoms with E-state index in [0.717, 1.165) is 9.87 Å². The summed E-state index contributed by atoms with van der Waals surface area (Å²) in [7, 11) is -3.74. The molecule has 1 unspecified atom stereocenters. The fourth-order valence-electron chi connectivity index (χ4n) is 2.37. The van der Waals surface area contributed by atoms with Gasteiger partial charge in [-0.3, -0.25) is 4.79 Å². The third kappa shape index (κ3) is 3.31. The number of rotatable bonds is 3. The first-order chi connectivity index (χ1) is 9.66. The number of sulfonamides is 1. The molecule has 6 heteroatoms. The molecule has 1 aromatic carbocycles. The quantitative estimate of drug-likeness (QED) is 0.764. The fraction of sp³-hybridized carbons (Fsp3) is 0.533. The zero-order valence-corrected chi connectivity index (χ0v) is 14.9. The van der Waals surface area contributed by atoms with Crippen LogP contribution in [0.1, 0.15) is 32.8 Å². The number of amides is 1. The highest BCUT2D eigenvalue weighted by Gasteiger charge is 2.42. The normalized spacial score (nSPS) is 20.1. The van der Waals surface area contributed by atoms with E-state index in [2.05, 4.69) is 15.9 Å². The molecule has 0 N–H and O–H groups in total. The molecule has 0 aromatic heterocycles. The van der Waals surface area contributed by atoms with Crippen LogP contribution in [0.5, 0.6) is 0 Å². The molecular weight excluding hydrogens is 354 g/mol. The summed E-state index contributed by atoms with van der Waals surface area (Å²) in [6.45, 7) is 6.37. The number of nitrogens with zero attached hydrogens (tertiary/aromatic N) is 1. The Morgan fingerprint density at radius 1 is 1.24 bits per heavy atom. The van der Waals surface area contributed by atoms with Crippen LogP contribution in [0.25, 0.3) is 0 Å². The van der Waals surface area contributed by atoms with Gasteiger partial charge in [-0.15, -0.1) is 0 Å². The molecule has 1 atom stereocenters. The summed E-state index contributed by atoms with van der Waals surface area (Å²) >= 11 is 3.32. The van der Waals surface area contributed by atoms with E-state index in [1.165, 1.54) is 0 Å². The molecule has 1 heterocycles. The largest absolute Gasteiger partial charge is 0.274 e. The van der Waals surface area contributed by atoms with Crippen LogP contribution in [0.4, 0.5) is 0 Å². The van der Waals surface area contributed by atoms with E-state index in [1.54, 1.807) is 24.3 Å². The van der Waals surface area contributed by atoms with Gasteiger partial charge in [0.2, 0.25) is 5.91 Å². The van der Waals surface area contributed by atoms with Crippen molar-refractivity contribution >= 4 is 31.9 Å². The summed E-state index contributed by atoms with van der Waals surface area (Å²) in [6, 6.07) is 6.63. The highest BCUT2D eigenvalue weighted by molar-refractivity contribution is 9.08. The number of halogens is 1. The van der Waals surface area contributed by atoms with Gasteiger partial charge in [-0.2, -0.15) is 0 Å². The smallest absolute Gasteiger partial charge is 0.266 e. The van der Waals surface area contributed by atoms with Gasteiger partial charge in [0.15, 0.2) is 0 Å². The van der Waals surface area contributed by atoms with Crippen LogP contribution in [0.3, 0.4) is 0 Å². The van der Waals surface area contributed by atoms with Gasteiger partial charge in [0.1, 0.15) is 0 Å². The summed E-state index contributed by atoms with van der Waals surface area (Å²) in [5.74, 6) is -0.249. The number of alkyl halides is 1. The predicted molar refractivity (Wildman–Crippen MR) is 85.5 cm³/mol. The molecule has 0 radical (unpaired) electrons. The van der Waals surface area contributed by atoms with E-state index in [-0.39, 0.29) is 28.7 Å². The van der Waals surface area contributed by atoms with Crippen molar-refractivity contribution in [1.82, 2.24) is 4.31 Å². The molecule has 1 aliphatic rings. The topological polar surface area (TPSA) is 54.5 Å². The second-order valence-electron chi connectivity index (χ2n) is 6.47. The number of hydrogen-bond acceptors (Lipinski definition) is 3. The molecule has 0 aliphatic carbocycles. The maximum atomic E-state index is 12.6. The van der Waals surface area contributed by atoms with Crippen molar-refractivity contribution in [2.45, 2.75) is 37.4 Å². The van der Waals surface area contributed by atoms with Crippen LogP contribution in [-0.4, -0.2) is 25.2 Å². The van der Waals surface area contributed by atoms with Crippen LogP contribution in [0, 0.1) is 11.3 Å². The Labute approximate surface area is 134 Å². The van der Waals surface area contributed by atoms with E-state index >= 15 is 0 Å². The Hall–Kier alpha value is -0.880. The third-order valence-electron chi connectivity index (χ3n) is 3.98. The Morgan fingerprint density at radius 3 is 2.24 bits per heavy atom. The van der Waals surface area contributed by atoms with E-state index in [9.17, 15) is 13.2 Å². The first-order valence-corrected chi connectivity index (χ1v) is 9.43. The summed E-state index contributed by atoms with van der Waals surface area (Å²) in [5, 5.41) is 0.669. The van der Waals surface area contributed by atoms with Crippen molar-refractivity contribution in [3.8, 4) is 0 Å². The molecule has 4 nitrogen and oxygen atoms in total. The van der Waals surface area contributed by atoms with E-state index in [4.69, 9.17) is 0 Å². The zero-order chi connectivity index (χ0) is 15.8. The van der Waals surface area contributed by atoms with E-state index < -0.39 is 10.0 Å². The molecule has 116 valence electrons. The Bertz CT molecular complexity index is 632. The second-order valence-corrected chi connectivity index (χ2v) is 8.90. The maximum absolute atomic E-state index is 12.6. The van der Waals surface area contributed by atoms with Crippen LogP contribution in [0.2, 0.25) is 0 Å². The zero-order valence-electron chi connectivity index (χ0n) is 12.5. The summed E-state index contributed by atoms with van der Waals surface area (Å²) in [4.78, 5) is 12.3. The lowest BCUT2D eigenvalue weighted by Crippen LogP contribution is -2.33. The second kappa shape index (κ2) is 5.72. The van der Waals surface area contributed by atoms with Gasteiger partial charge >= 0.3 is 0 Å². The van der Waals surface area contributed by atoms with Gasteiger partial charge in [-0.25, -0.2) is 12.7 Å². The lowest BCUT2D eigenvalue weighted by molar-refractivity contribution is -0.123. The van der Waals surface area contributed by atoms with Crippen molar-refractivity contribution < 1.29 is 13.2 Å². The predicted octanol–water partition coefficient (Wildman–Crippen LogP) is 3.16. The highest BCUT2D eigenvalue weighted by Crippen LogP contribution is 2.36. The Balaban J connectivity index is 2.29. The molecule has 0 bridgehead atoms. The molecule has 2 rings (SSSR count). The molecule has 1 amide bonds. The number of hydrogen-bond donors (Lipinski definition) is 0. The molecule has 1 saturated heterocycles. The van der Waals surface area contributed by atoms with Crippen molar-refractivity contribution in [3.63, 3.8) is 0 Å². The number of benzene rings is 1. The Kier molecular flexibility index (Phi) is 4.49. The average molecular weight is 374 g/mol. The van der Waals surface area contributed by atoms with Crippen molar-refractivity contribution in [1.29, 1.82) is 0 Å². The van der Waals surface area contributed by atoms with Gasteiger partial charge in [0.25, 0.3) is 10.0 Å². The lowest BCUT2D eigenvalue weighted by Gasteiger charge is -2.26. The maximum Gasteiger partial charge on any atom is 0.266 e. The summed E-state index contributed by atoms with van der Waals surface area (Å²) in [5.41, 5.74) is 0.911. The van der Waals surface area contributed by atoms with Gasteiger partial charge in [-0.1, -0.05) is 48.8 Å². The summed E-state index contributed by atoms with van der Waals surface area (Å²) in [6.07, 6.45) is 0.294. The third-order valence-corrected chi connectivity index (χ3v) is 6.42. The monoisotopic (exact) mass is 373 g/mol. The van der Waals surface area contributed by atoms with Crippen molar-refractivity contribution in [2.75, 3.05) is 6.54 Å². The van der Waals surface area contributed by atoms with Gasteiger partial charge in [0.05, 0.1) is 4.90 Å². The molecule has 0 spiro atoms. The highest BCUT2D eigenvalue weighted by atomic mass is 79.9. The Morgan fingerprint density at radius 2 is 1.81 bits per heavy atom. The molecular formula is C15H20BrNO3S. The number of carbonyl (C=O) groups excluding carboxylic acids is 1. The van der Waals surface area contributed by atoms with Gasteiger partial charge < -0.3 is 0 Å². The summed E-state index contributed by atoms with van der Waals surface area (Å²) < 4.78 is 26.3. The van der Waals surface area contributed by atoms with E-state index in [0.29, 0.717) is 11.8 Å². The number of carbonyl (C=O) groups is 1. The standard InChI is InChI=1S/C15H20BrNO3S/c1-15(2,3)12-8-14(18)17(10-12)21(19,20)13-6-4-11(9-16)5-7-13/h4-7,12H,8-10H2,1-3H3. The molecule has 1 fully saturated rings.